The van der Waals surface area contributed by atoms with E-state index in [1.807, 2.05) is 6.92 Å². The predicted molar refractivity (Wildman–Crippen MR) is 71.8 cm³/mol. The van der Waals surface area contributed by atoms with Crippen LogP contribution < -0.4 is 5.32 Å². The van der Waals surface area contributed by atoms with Gasteiger partial charge in [0.1, 0.15) is 6.04 Å². The summed E-state index contributed by atoms with van der Waals surface area (Å²) >= 11 is 0. The molecule has 0 spiro atoms. The first-order chi connectivity index (χ1) is 9.09. The third-order valence-electron chi connectivity index (χ3n) is 4.04. The Hall–Kier alpha value is -1.52. The number of nitrogens with zero attached hydrogens (tertiary/aromatic N) is 1. The van der Waals surface area contributed by atoms with Crippen molar-refractivity contribution in [2.75, 3.05) is 6.54 Å². The molecule has 2 aliphatic rings. The van der Waals surface area contributed by atoms with Gasteiger partial charge in [-0.1, -0.05) is 19.1 Å². The Bertz CT molecular complexity index is 381. The predicted octanol–water partition coefficient (Wildman–Crippen LogP) is 1.99. The molecule has 5 nitrogen and oxygen atoms in total. The SMILES string of the molecule is CC1CCCN(C(=O)NC2CC=CCC2)C1C(=O)O. The second kappa shape index (κ2) is 6.08. The maximum atomic E-state index is 12.3. The Labute approximate surface area is 113 Å². The molecule has 0 bridgehead atoms. The summed E-state index contributed by atoms with van der Waals surface area (Å²) in [6.45, 7) is 2.44. The number of rotatable bonds is 2. The topological polar surface area (TPSA) is 69.6 Å². The minimum Gasteiger partial charge on any atom is -0.480 e. The van der Waals surface area contributed by atoms with Gasteiger partial charge in [0.25, 0.3) is 0 Å². The van der Waals surface area contributed by atoms with Gasteiger partial charge in [-0.05, 0) is 38.0 Å². The zero-order chi connectivity index (χ0) is 13.8. The third kappa shape index (κ3) is 3.28. The Morgan fingerprint density at radius 2 is 2.11 bits per heavy atom. The highest BCUT2D eigenvalue weighted by Gasteiger charge is 2.37. The minimum absolute atomic E-state index is 0.0169. The van der Waals surface area contributed by atoms with Gasteiger partial charge in [-0.25, -0.2) is 9.59 Å². The van der Waals surface area contributed by atoms with Crippen LogP contribution >= 0.6 is 0 Å². The first kappa shape index (κ1) is 13.9. The largest absolute Gasteiger partial charge is 0.480 e. The van der Waals surface area contributed by atoms with Gasteiger partial charge in [0, 0.05) is 12.6 Å². The molecule has 2 rings (SSSR count). The molecule has 0 aromatic heterocycles. The van der Waals surface area contributed by atoms with Crippen LogP contribution in [0.1, 0.15) is 39.0 Å². The van der Waals surface area contributed by atoms with Crippen molar-refractivity contribution < 1.29 is 14.7 Å². The lowest BCUT2D eigenvalue weighted by atomic mass is 9.91. The molecule has 1 fully saturated rings. The van der Waals surface area contributed by atoms with E-state index in [9.17, 15) is 14.7 Å². The Morgan fingerprint density at radius 3 is 2.74 bits per heavy atom. The zero-order valence-corrected chi connectivity index (χ0v) is 11.3. The Morgan fingerprint density at radius 1 is 1.32 bits per heavy atom. The number of likely N-dealkylation sites (tertiary alicyclic amines) is 1. The van der Waals surface area contributed by atoms with E-state index in [-0.39, 0.29) is 18.0 Å². The van der Waals surface area contributed by atoms with Crippen molar-refractivity contribution in [2.24, 2.45) is 5.92 Å². The highest BCUT2D eigenvalue weighted by Crippen LogP contribution is 2.24. The fourth-order valence-corrected chi connectivity index (χ4v) is 2.97. The number of carboxylic acid groups (broad SMARTS) is 1. The van der Waals surface area contributed by atoms with Gasteiger partial charge in [0.05, 0.1) is 0 Å². The molecule has 2 N–H and O–H groups in total. The summed E-state index contributed by atoms with van der Waals surface area (Å²) in [7, 11) is 0. The van der Waals surface area contributed by atoms with Crippen molar-refractivity contribution in [1.29, 1.82) is 0 Å². The van der Waals surface area contributed by atoms with Crippen molar-refractivity contribution in [1.82, 2.24) is 10.2 Å². The quantitative estimate of drug-likeness (QED) is 0.751. The molecule has 2 amide bonds. The first-order valence-electron chi connectivity index (χ1n) is 7.04. The second-order valence-corrected chi connectivity index (χ2v) is 5.53. The number of carbonyl (C=O) groups excluding carboxylic acids is 1. The number of nitrogens with one attached hydrogen (secondary N) is 1. The van der Waals surface area contributed by atoms with Crippen LogP contribution in [0.3, 0.4) is 0 Å². The zero-order valence-electron chi connectivity index (χ0n) is 11.3. The van der Waals surface area contributed by atoms with Crippen LogP contribution in [-0.4, -0.2) is 40.6 Å². The van der Waals surface area contributed by atoms with E-state index in [0.717, 1.165) is 32.1 Å². The van der Waals surface area contributed by atoms with Crippen LogP contribution in [0.2, 0.25) is 0 Å². The molecular weight excluding hydrogens is 244 g/mol. The van der Waals surface area contributed by atoms with Gasteiger partial charge in [-0.3, -0.25) is 0 Å². The standard InChI is InChI=1S/C14H22N2O3/c1-10-6-5-9-16(12(10)13(17)18)14(19)15-11-7-3-2-4-8-11/h2-3,10-12H,4-9H2,1H3,(H,15,19)(H,17,18). The summed E-state index contributed by atoms with van der Waals surface area (Å²) in [6.07, 6.45) is 8.68. The molecule has 3 unspecified atom stereocenters. The highest BCUT2D eigenvalue weighted by atomic mass is 16.4. The normalized spacial score (nSPS) is 31.0. The van der Waals surface area contributed by atoms with Crippen molar-refractivity contribution in [3.63, 3.8) is 0 Å². The van der Waals surface area contributed by atoms with Gasteiger partial charge in [-0.15, -0.1) is 0 Å². The van der Waals surface area contributed by atoms with Gasteiger partial charge in [0.15, 0.2) is 0 Å². The molecule has 0 aromatic rings. The Kier molecular flexibility index (Phi) is 4.45. The summed E-state index contributed by atoms with van der Waals surface area (Å²) in [5.41, 5.74) is 0. The van der Waals surface area contributed by atoms with E-state index in [1.54, 1.807) is 0 Å². The molecule has 3 atom stereocenters. The molecule has 1 aliphatic carbocycles. The number of carboxylic acids is 1. The molecular formula is C14H22N2O3. The number of allylic oxidation sites excluding steroid dienone is 1. The van der Waals surface area contributed by atoms with Crippen molar-refractivity contribution >= 4 is 12.0 Å². The van der Waals surface area contributed by atoms with E-state index in [2.05, 4.69) is 17.5 Å². The summed E-state index contributed by atoms with van der Waals surface area (Å²) in [6, 6.07) is -0.767. The summed E-state index contributed by atoms with van der Waals surface area (Å²) < 4.78 is 0. The number of urea groups is 1. The van der Waals surface area contributed by atoms with Crippen molar-refractivity contribution in [3.8, 4) is 0 Å². The smallest absolute Gasteiger partial charge is 0.326 e. The fourth-order valence-electron chi connectivity index (χ4n) is 2.97. The average Bonchev–Trinajstić information content (AvgIpc) is 2.39. The van der Waals surface area contributed by atoms with E-state index in [4.69, 9.17) is 0 Å². The lowest BCUT2D eigenvalue weighted by Gasteiger charge is -2.38. The van der Waals surface area contributed by atoms with Crippen LogP contribution in [0, 0.1) is 5.92 Å². The highest BCUT2D eigenvalue weighted by molar-refractivity contribution is 5.83. The van der Waals surface area contributed by atoms with Gasteiger partial charge >= 0.3 is 12.0 Å². The van der Waals surface area contributed by atoms with Crippen molar-refractivity contribution in [2.45, 2.75) is 51.1 Å². The molecule has 106 valence electrons. The number of amides is 2. The lowest BCUT2D eigenvalue weighted by molar-refractivity contribution is -0.145. The number of hydrogen-bond donors (Lipinski definition) is 2. The second-order valence-electron chi connectivity index (χ2n) is 5.53. The van der Waals surface area contributed by atoms with Gasteiger partial charge < -0.3 is 15.3 Å². The van der Waals surface area contributed by atoms with Crippen LogP contribution in [0.15, 0.2) is 12.2 Å². The lowest BCUT2D eigenvalue weighted by Crippen LogP contribution is -2.56. The molecule has 0 aromatic carbocycles. The number of carbonyl (C=O) groups is 2. The maximum Gasteiger partial charge on any atom is 0.326 e. The monoisotopic (exact) mass is 266 g/mol. The van der Waals surface area contributed by atoms with Crippen LogP contribution in [-0.2, 0) is 4.79 Å². The summed E-state index contributed by atoms with van der Waals surface area (Å²) in [5, 5.41) is 12.3. The summed E-state index contributed by atoms with van der Waals surface area (Å²) in [5.74, 6) is -0.880. The number of aliphatic carboxylic acids is 1. The fraction of sp³-hybridized carbons (Fsp3) is 0.714. The van der Waals surface area contributed by atoms with Gasteiger partial charge in [0.2, 0.25) is 0 Å². The Balaban J connectivity index is 1.99. The molecule has 1 aliphatic heterocycles. The van der Waals surface area contributed by atoms with E-state index >= 15 is 0 Å². The number of piperidine rings is 1. The first-order valence-corrected chi connectivity index (χ1v) is 7.04. The maximum absolute atomic E-state index is 12.3. The van der Waals surface area contributed by atoms with E-state index in [1.165, 1.54) is 4.90 Å². The van der Waals surface area contributed by atoms with E-state index < -0.39 is 12.0 Å². The third-order valence-corrected chi connectivity index (χ3v) is 4.04. The minimum atomic E-state index is -0.897. The molecule has 0 radical (unpaired) electrons. The average molecular weight is 266 g/mol. The molecule has 0 saturated carbocycles. The molecule has 1 heterocycles. The van der Waals surface area contributed by atoms with Gasteiger partial charge in [-0.2, -0.15) is 0 Å². The van der Waals surface area contributed by atoms with Crippen molar-refractivity contribution in [3.05, 3.63) is 12.2 Å². The van der Waals surface area contributed by atoms with Crippen LogP contribution in [0.5, 0.6) is 0 Å². The molecule has 1 saturated heterocycles. The van der Waals surface area contributed by atoms with E-state index in [0.29, 0.717) is 6.54 Å². The summed E-state index contributed by atoms with van der Waals surface area (Å²) in [4.78, 5) is 25.1. The number of hydrogen-bond acceptors (Lipinski definition) is 2. The van der Waals surface area contributed by atoms with Crippen LogP contribution in [0.25, 0.3) is 0 Å². The molecule has 19 heavy (non-hydrogen) atoms. The molecule has 5 heteroatoms. The van der Waals surface area contributed by atoms with Crippen LogP contribution in [0.4, 0.5) is 4.79 Å².